The molecule has 0 radical (unpaired) electrons. The maximum atomic E-state index is 13.3. The molecule has 0 saturated carbocycles. The van der Waals surface area contributed by atoms with Gasteiger partial charge in [-0.1, -0.05) is 12.1 Å². The monoisotopic (exact) mass is 193 g/mol. The minimum absolute atomic E-state index is 0.325. The van der Waals surface area contributed by atoms with E-state index in [9.17, 15) is 9.18 Å². The molecule has 0 aliphatic heterocycles. The van der Waals surface area contributed by atoms with Crippen LogP contribution in [0.25, 0.3) is 5.70 Å². The third-order valence-electron chi connectivity index (χ3n) is 1.86. The molecular weight excluding hydrogens is 181 g/mol. The number of halogens is 1. The van der Waals surface area contributed by atoms with Crippen LogP contribution in [0.1, 0.15) is 5.56 Å². The summed E-state index contributed by atoms with van der Waals surface area (Å²) in [5.41, 5.74) is 1.00. The zero-order valence-corrected chi connectivity index (χ0v) is 8.20. The van der Waals surface area contributed by atoms with Gasteiger partial charge < -0.3 is 4.90 Å². The van der Waals surface area contributed by atoms with E-state index in [0.717, 1.165) is 0 Å². The molecule has 0 aliphatic carbocycles. The van der Waals surface area contributed by atoms with Crippen molar-refractivity contribution in [1.82, 2.24) is 4.90 Å². The van der Waals surface area contributed by atoms with E-state index in [4.69, 9.17) is 0 Å². The molecule has 0 aromatic heterocycles. The van der Waals surface area contributed by atoms with Crippen LogP contribution in [0.3, 0.4) is 0 Å². The van der Waals surface area contributed by atoms with Crippen LogP contribution in [0, 0.1) is 5.82 Å². The van der Waals surface area contributed by atoms with Crippen LogP contribution >= 0.6 is 0 Å². The number of carbonyl (C=O) groups is 1. The van der Waals surface area contributed by atoms with E-state index in [-0.39, 0.29) is 5.82 Å². The SMILES string of the molecule is CN(C)/C(=C/C=O)c1ccccc1F. The molecule has 0 atom stereocenters. The zero-order chi connectivity index (χ0) is 10.6. The highest BCUT2D eigenvalue weighted by Crippen LogP contribution is 2.18. The smallest absolute Gasteiger partial charge is 0.144 e. The number of nitrogens with zero attached hydrogens (tertiary/aromatic N) is 1. The Hall–Kier alpha value is -1.64. The van der Waals surface area contributed by atoms with Gasteiger partial charge in [0, 0.05) is 31.4 Å². The fourth-order valence-electron chi connectivity index (χ4n) is 1.21. The van der Waals surface area contributed by atoms with Crippen molar-refractivity contribution < 1.29 is 9.18 Å². The van der Waals surface area contributed by atoms with Crippen LogP contribution in [-0.4, -0.2) is 25.3 Å². The molecule has 0 aliphatic rings. The number of hydrogen-bond donors (Lipinski definition) is 0. The summed E-state index contributed by atoms with van der Waals surface area (Å²) in [5.74, 6) is -0.325. The highest BCUT2D eigenvalue weighted by molar-refractivity contribution is 5.80. The van der Waals surface area contributed by atoms with Gasteiger partial charge in [0.15, 0.2) is 0 Å². The molecule has 0 bridgehead atoms. The Labute approximate surface area is 82.7 Å². The lowest BCUT2D eigenvalue weighted by molar-refractivity contribution is -0.104. The van der Waals surface area contributed by atoms with E-state index in [1.807, 2.05) is 0 Å². The molecule has 0 unspecified atom stereocenters. The van der Waals surface area contributed by atoms with Gasteiger partial charge in [-0.2, -0.15) is 0 Å². The molecule has 14 heavy (non-hydrogen) atoms. The standard InChI is InChI=1S/C11H12FNO/c1-13(2)11(7-8-14)9-5-3-4-6-10(9)12/h3-8H,1-2H3/b11-7+. The van der Waals surface area contributed by atoms with E-state index < -0.39 is 0 Å². The van der Waals surface area contributed by atoms with Crippen molar-refractivity contribution in [3.63, 3.8) is 0 Å². The second-order valence-corrected chi connectivity index (χ2v) is 3.06. The summed E-state index contributed by atoms with van der Waals surface area (Å²) in [5, 5.41) is 0. The Morgan fingerprint density at radius 2 is 2.00 bits per heavy atom. The van der Waals surface area contributed by atoms with Crippen molar-refractivity contribution in [2.24, 2.45) is 0 Å². The van der Waals surface area contributed by atoms with Gasteiger partial charge in [-0.25, -0.2) is 4.39 Å². The highest BCUT2D eigenvalue weighted by Gasteiger charge is 2.07. The molecule has 3 heteroatoms. The van der Waals surface area contributed by atoms with E-state index >= 15 is 0 Å². The van der Waals surface area contributed by atoms with Gasteiger partial charge in [0.05, 0.1) is 0 Å². The van der Waals surface area contributed by atoms with Gasteiger partial charge in [-0.05, 0) is 12.1 Å². The van der Waals surface area contributed by atoms with E-state index in [1.54, 1.807) is 37.2 Å². The zero-order valence-electron chi connectivity index (χ0n) is 8.20. The van der Waals surface area contributed by atoms with Crippen molar-refractivity contribution in [3.05, 3.63) is 41.7 Å². The normalized spacial score (nSPS) is 11.2. The molecule has 1 aromatic carbocycles. The fourth-order valence-corrected chi connectivity index (χ4v) is 1.21. The van der Waals surface area contributed by atoms with Gasteiger partial charge in [-0.15, -0.1) is 0 Å². The Kier molecular flexibility index (Phi) is 3.40. The summed E-state index contributed by atoms with van der Waals surface area (Å²) in [6, 6.07) is 6.37. The number of rotatable bonds is 3. The van der Waals surface area contributed by atoms with Crippen LogP contribution in [0.15, 0.2) is 30.3 Å². The topological polar surface area (TPSA) is 20.3 Å². The largest absolute Gasteiger partial charge is 0.377 e. The molecule has 2 nitrogen and oxygen atoms in total. The van der Waals surface area contributed by atoms with Crippen LogP contribution in [0.2, 0.25) is 0 Å². The Morgan fingerprint density at radius 1 is 1.36 bits per heavy atom. The minimum atomic E-state index is -0.325. The van der Waals surface area contributed by atoms with Crippen LogP contribution in [0.4, 0.5) is 4.39 Å². The first kappa shape index (κ1) is 10.4. The molecular formula is C11H12FNO. The predicted molar refractivity (Wildman–Crippen MR) is 54.1 cm³/mol. The quantitative estimate of drug-likeness (QED) is 0.540. The summed E-state index contributed by atoms with van der Waals surface area (Å²) in [4.78, 5) is 12.1. The second-order valence-electron chi connectivity index (χ2n) is 3.06. The van der Waals surface area contributed by atoms with Crippen LogP contribution in [0.5, 0.6) is 0 Å². The predicted octanol–water partition coefficient (Wildman–Crippen LogP) is 1.93. The molecule has 0 heterocycles. The van der Waals surface area contributed by atoms with Gasteiger partial charge in [0.2, 0.25) is 0 Å². The molecule has 0 amide bonds. The third-order valence-corrected chi connectivity index (χ3v) is 1.86. The van der Waals surface area contributed by atoms with Gasteiger partial charge in [0.25, 0.3) is 0 Å². The first-order valence-corrected chi connectivity index (χ1v) is 4.24. The first-order valence-electron chi connectivity index (χ1n) is 4.24. The van der Waals surface area contributed by atoms with Crippen LogP contribution < -0.4 is 0 Å². The number of carbonyl (C=O) groups excluding carboxylic acids is 1. The molecule has 0 spiro atoms. The third kappa shape index (κ3) is 2.19. The summed E-state index contributed by atoms with van der Waals surface area (Å²) in [6.07, 6.45) is 2.00. The van der Waals surface area contributed by atoms with Gasteiger partial charge in [0.1, 0.15) is 12.1 Å². The molecule has 0 N–H and O–H groups in total. The number of allylic oxidation sites excluding steroid dienone is 1. The Balaban J connectivity index is 3.19. The lowest BCUT2D eigenvalue weighted by Crippen LogP contribution is -2.11. The van der Waals surface area contributed by atoms with E-state index in [2.05, 4.69) is 0 Å². The van der Waals surface area contributed by atoms with Crippen molar-refractivity contribution in [1.29, 1.82) is 0 Å². The Bertz CT molecular complexity index is 358. The van der Waals surface area contributed by atoms with Crippen LogP contribution in [-0.2, 0) is 4.79 Å². The maximum absolute atomic E-state index is 13.3. The molecule has 74 valence electrons. The van der Waals surface area contributed by atoms with Crippen molar-refractivity contribution >= 4 is 12.0 Å². The summed E-state index contributed by atoms with van der Waals surface area (Å²) in [6.45, 7) is 0. The molecule has 1 rings (SSSR count). The Morgan fingerprint density at radius 3 is 2.50 bits per heavy atom. The van der Waals surface area contributed by atoms with E-state index in [1.165, 1.54) is 12.1 Å². The summed E-state index contributed by atoms with van der Waals surface area (Å²) >= 11 is 0. The average molecular weight is 193 g/mol. The highest BCUT2D eigenvalue weighted by atomic mass is 19.1. The summed E-state index contributed by atoms with van der Waals surface area (Å²) < 4.78 is 13.3. The molecule has 0 fully saturated rings. The average Bonchev–Trinajstić information content (AvgIpc) is 2.15. The lowest BCUT2D eigenvalue weighted by atomic mass is 10.1. The van der Waals surface area contributed by atoms with Crippen molar-refractivity contribution in [2.45, 2.75) is 0 Å². The number of aldehydes is 1. The number of hydrogen-bond acceptors (Lipinski definition) is 2. The second kappa shape index (κ2) is 4.56. The minimum Gasteiger partial charge on any atom is -0.377 e. The molecule has 1 aromatic rings. The first-order chi connectivity index (χ1) is 6.66. The van der Waals surface area contributed by atoms with Gasteiger partial charge in [-0.3, -0.25) is 4.79 Å². The van der Waals surface area contributed by atoms with Crippen molar-refractivity contribution in [2.75, 3.05) is 14.1 Å². The fraction of sp³-hybridized carbons (Fsp3) is 0.182. The number of benzene rings is 1. The molecule has 0 saturated heterocycles. The lowest BCUT2D eigenvalue weighted by Gasteiger charge is -2.16. The van der Waals surface area contributed by atoms with E-state index in [0.29, 0.717) is 17.5 Å². The van der Waals surface area contributed by atoms with Gasteiger partial charge >= 0.3 is 0 Å². The maximum Gasteiger partial charge on any atom is 0.144 e. The summed E-state index contributed by atoms with van der Waals surface area (Å²) in [7, 11) is 3.53. The van der Waals surface area contributed by atoms with Crippen molar-refractivity contribution in [3.8, 4) is 0 Å².